The largest absolute Gasteiger partial charge is 0.744 e. The third-order valence-corrected chi connectivity index (χ3v) is 7.59. The van der Waals surface area contributed by atoms with Gasteiger partial charge in [0, 0.05) is 0 Å². The lowest BCUT2D eigenvalue weighted by Crippen LogP contribution is -2.17. The van der Waals surface area contributed by atoms with Gasteiger partial charge in [0.25, 0.3) is 0 Å². The summed E-state index contributed by atoms with van der Waals surface area (Å²) in [5.41, 5.74) is 2.97. The monoisotopic (exact) mass is 391 g/mol. The highest BCUT2D eigenvalue weighted by Gasteiger charge is 2.28. The summed E-state index contributed by atoms with van der Waals surface area (Å²) in [4.78, 5) is 0.167. The molecule has 0 atom stereocenters. The fourth-order valence-corrected chi connectivity index (χ4v) is 6.21. The van der Waals surface area contributed by atoms with Gasteiger partial charge in [-0.15, -0.1) is 0 Å². The van der Waals surface area contributed by atoms with Crippen LogP contribution >= 0.6 is 0 Å². The molecule has 2 aliphatic carbocycles. The van der Waals surface area contributed by atoms with Gasteiger partial charge in [-0.3, -0.25) is 0 Å². The van der Waals surface area contributed by atoms with Crippen molar-refractivity contribution in [2.75, 3.05) is 0 Å². The molecule has 2 saturated carbocycles. The van der Waals surface area contributed by atoms with Crippen LogP contribution < -0.4 is 0 Å². The Bertz CT molecular complexity index is 672. The van der Waals surface area contributed by atoms with Crippen molar-refractivity contribution in [2.45, 2.75) is 114 Å². The lowest BCUT2D eigenvalue weighted by Gasteiger charge is -2.31. The van der Waals surface area contributed by atoms with Crippen LogP contribution in [0.4, 0.5) is 0 Å². The summed E-state index contributed by atoms with van der Waals surface area (Å²) < 4.78 is 37.1. The molecule has 2 aliphatic rings. The van der Waals surface area contributed by atoms with Gasteiger partial charge in [0.05, 0.1) is 4.90 Å². The molecule has 152 valence electrons. The molecule has 0 aromatic heterocycles. The predicted octanol–water partition coefficient (Wildman–Crippen LogP) is 6.42. The SMILES string of the molecule is CCCCCc1cc(C2CCCCC2)c(S(=O)(=O)[O-])c(C2CCCCC2)c1. The molecule has 2 fully saturated rings. The Hall–Kier alpha value is -0.870. The molecule has 0 heterocycles. The first-order chi connectivity index (χ1) is 13.0. The van der Waals surface area contributed by atoms with Gasteiger partial charge in [-0.25, -0.2) is 8.42 Å². The fraction of sp³-hybridized carbons (Fsp3) is 0.739. The van der Waals surface area contributed by atoms with Crippen LogP contribution in [0.1, 0.15) is 119 Å². The van der Waals surface area contributed by atoms with E-state index >= 15 is 0 Å². The van der Waals surface area contributed by atoms with E-state index in [2.05, 4.69) is 19.1 Å². The minimum absolute atomic E-state index is 0.167. The number of aryl methyl sites for hydroxylation is 1. The van der Waals surface area contributed by atoms with Crippen LogP contribution in [-0.2, 0) is 16.5 Å². The number of hydrogen-bond donors (Lipinski definition) is 0. The molecule has 0 aliphatic heterocycles. The highest BCUT2D eigenvalue weighted by Crippen LogP contribution is 2.43. The first-order valence-electron chi connectivity index (χ1n) is 11.1. The van der Waals surface area contributed by atoms with Gasteiger partial charge in [0.15, 0.2) is 0 Å². The van der Waals surface area contributed by atoms with Crippen LogP contribution in [0.25, 0.3) is 0 Å². The smallest absolute Gasteiger partial charge is 0.124 e. The Balaban J connectivity index is 2.07. The second kappa shape index (κ2) is 9.56. The third-order valence-electron chi connectivity index (χ3n) is 6.62. The van der Waals surface area contributed by atoms with Gasteiger partial charge in [0.1, 0.15) is 10.1 Å². The van der Waals surface area contributed by atoms with Crippen molar-refractivity contribution in [2.24, 2.45) is 0 Å². The molecular weight excluding hydrogens is 356 g/mol. The summed E-state index contributed by atoms with van der Waals surface area (Å²) in [6.07, 6.45) is 15.6. The zero-order valence-corrected chi connectivity index (χ0v) is 17.7. The minimum Gasteiger partial charge on any atom is -0.744 e. The summed E-state index contributed by atoms with van der Waals surface area (Å²) in [5, 5.41) is 0. The van der Waals surface area contributed by atoms with Crippen LogP contribution in [0, 0.1) is 0 Å². The van der Waals surface area contributed by atoms with Crippen LogP contribution in [0.15, 0.2) is 17.0 Å². The van der Waals surface area contributed by atoms with Gasteiger partial charge < -0.3 is 4.55 Å². The Morgan fingerprint density at radius 1 is 0.852 bits per heavy atom. The molecule has 1 aromatic rings. The lowest BCUT2D eigenvalue weighted by atomic mass is 9.78. The van der Waals surface area contributed by atoms with E-state index in [0.717, 1.165) is 75.3 Å². The molecule has 3 nitrogen and oxygen atoms in total. The lowest BCUT2D eigenvalue weighted by molar-refractivity contribution is 0.415. The zero-order valence-electron chi connectivity index (χ0n) is 16.8. The van der Waals surface area contributed by atoms with E-state index in [4.69, 9.17) is 0 Å². The second-order valence-electron chi connectivity index (χ2n) is 8.68. The van der Waals surface area contributed by atoms with Gasteiger partial charge in [-0.2, -0.15) is 0 Å². The average molecular weight is 392 g/mol. The van der Waals surface area contributed by atoms with Gasteiger partial charge in [0.2, 0.25) is 0 Å². The van der Waals surface area contributed by atoms with Gasteiger partial charge >= 0.3 is 0 Å². The molecule has 27 heavy (non-hydrogen) atoms. The van der Waals surface area contributed by atoms with E-state index < -0.39 is 10.1 Å². The fourth-order valence-electron chi connectivity index (χ4n) is 5.18. The van der Waals surface area contributed by atoms with E-state index in [1.807, 2.05) is 0 Å². The normalized spacial score (nSPS) is 20.1. The topological polar surface area (TPSA) is 57.2 Å². The second-order valence-corrected chi connectivity index (χ2v) is 10.0. The number of rotatable bonds is 7. The summed E-state index contributed by atoms with van der Waals surface area (Å²) in [6.45, 7) is 2.20. The van der Waals surface area contributed by atoms with Crippen molar-refractivity contribution in [1.82, 2.24) is 0 Å². The Morgan fingerprint density at radius 2 is 1.33 bits per heavy atom. The van der Waals surface area contributed by atoms with Crippen molar-refractivity contribution in [1.29, 1.82) is 0 Å². The van der Waals surface area contributed by atoms with E-state index in [-0.39, 0.29) is 16.7 Å². The van der Waals surface area contributed by atoms with Crippen molar-refractivity contribution in [3.63, 3.8) is 0 Å². The Kier molecular flexibility index (Phi) is 7.38. The molecule has 1 aromatic carbocycles. The maximum absolute atomic E-state index is 12.4. The molecule has 0 radical (unpaired) electrons. The highest BCUT2D eigenvalue weighted by atomic mass is 32.2. The summed E-state index contributed by atoms with van der Waals surface area (Å²) in [6, 6.07) is 4.17. The quantitative estimate of drug-likeness (QED) is 0.398. The maximum atomic E-state index is 12.4. The van der Waals surface area contributed by atoms with E-state index in [1.165, 1.54) is 31.2 Å². The first-order valence-corrected chi connectivity index (χ1v) is 12.5. The van der Waals surface area contributed by atoms with Crippen molar-refractivity contribution < 1.29 is 13.0 Å². The summed E-state index contributed by atoms with van der Waals surface area (Å²) in [7, 11) is -4.45. The van der Waals surface area contributed by atoms with Gasteiger partial charge in [-0.1, -0.05) is 70.4 Å². The average Bonchev–Trinajstić information content (AvgIpc) is 2.68. The number of unbranched alkanes of at least 4 members (excludes halogenated alkanes) is 2. The van der Waals surface area contributed by atoms with Crippen LogP contribution in [-0.4, -0.2) is 13.0 Å². The van der Waals surface area contributed by atoms with Crippen molar-refractivity contribution in [3.05, 3.63) is 28.8 Å². The molecular formula is C23H35O3S-. The van der Waals surface area contributed by atoms with Crippen LogP contribution in [0.2, 0.25) is 0 Å². The van der Waals surface area contributed by atoms with Crippen LogP contribution in [0.5, 0.6) is 0 Å². The van der Waals surface area contributed by atoms with Crippen molar-refractivity contribution in [3.8, 4) is 0 Å². The number of hydrogen-bond acceptors (Lipinski definition) is 3. The van der Waals surface area contributed by atoms with E-state index in [1.54, 1.807) is 0 Å². The van der Waals surface area contributed by atoms with Crippen LogP contribution in [0.3, 0.4) is 0 Å². The maximum Gasteiger partial charge on any atom is 0.124 e. The van der Waals surface area contributed by atoms with E-state index in [0.29, 0.717) is 0 Å². The first kappa shape index (κ1) is 20.9. The molecule has 0 spiro atoms. The Labute approximate surface area is 165 Å². The Morgan fingerprint density at radius 3 is 1.74 bits per heavy atom. The van der Waals surface area contributed by atoms with E-state index in [9.17, 15) is 13.0 Å². The molecule has 4 heteroatoms. The number of benzene rings is 1. The predicted molar refractivity (Wildman–Crippen MR) is 109 cm³/mol. The third kappa shape index (κ3) is 5.35. The molecule has 0 amide bonds. The molecule has 0 saturated heterocycles. The standard InChI is InChI=1S/C23H36O3S/c1-2-3-6-11-18-16-21(19-12-7-4-8-13-19)23(27(24,25)26)22(17-18)20-14-9-5-10-15-20/h16-17,19-20H,2-15H2,1H3,(H,24,25,26)/p-1. The molecule has 3 rings (SSSR count). The van der Waals surface area contributed by atoms with Gasteiger partial charge in [-0.05, 0) is 67.1 Å². The van der Waals surface area contributed by atoms with Crippen molar-refractivity contribution >= 4 is 10.1 Å². The highest BCUT2D eigenvalue weighted by molar-refractivity contribution is 7.85. The molecule has 0 bridgehead atoms. The zero-order chi connectivity index (χ0) is 19.3. The molecule has 0 unspecified atom stereocenters. The summed E-state index contributed by atoms with van der Waals surface area (Å²) in [5.74, 6) is 0.483. The summed E-state index contributed by atoms with van der Waals surface area (Å²) >= 11 is 0. The molecule has 0 N–H and O–H groups in total. The minimum atomic E-state index is -4.45.